The van der Waals surface area contributed by atoms with Gasteiger partial charge in [0.25, 0.3) is 0 Å². The summed E-state index contributed by atoms with van der Waals surface area (Å²) in [6, 6.07) is 0. The molecule has 1 unspecified atom stereocenters. The normalized spacial score (nSPS) is 17.7. The third-order valence-corrected chi connectivity index (χ3v) is 1.65. The van der Waals surface area contributed by atoms with Gasteiger partial charge in [0.2, 0.25) is 6.34 Å². The molecule has 78 valence electrons. The molecule has 0 aromatic carbocycles. The Hall–Kier alpha value is -0.410. The number of rotatable bonds is 4. The largest absolute Gasteiger partial charge is 0.243 e. The number of hydrogen-bond donors (Lipinski definition) is 1. The van der Waals surface area contributed by atoms with E-state index in [4.69, 9.17) is 0 Å². The van der Waals surface area contributed by atoms with Crippen molar-refractivity contribution in [3.05, 3.63) is 0 Å². The van der Waals surface area contributed by atoms with E-state index >= 15 is 0 Å². The van der Waals surface area contributed by atoms with Crippen molar-refractivity contribution in [3.63, 3.8) is 0 Å². The first-order valence-electron chi connectivity index (χ1n) is 4.91. The molecular formula is C10H24N3+. The zero-order valence-corrected chi connectivity index (χ0v) is 9.89. The van der Waals surface area contributed by atoms with E-state index in [9.17, 15) is 0 Å². The standard InChI is InChI=1S/C10H24N3/c1-7-8-13(6,9-11-5)12-10(2,3)4/h9,12H,7-8H2,1-6H3/q+1. The monoisotopic (exact) mass is 186 g/mol. The molecule has 0 aliphatic carbocycles. The highest BCUT2D eigenvalue weighted by molar-refractivity contribution is 5.45. The fourth-order valence-electron chi connectivity index (χ4n) is 1.63. The van der Waals surface area contributed by atoms with E-state index in [0.717, 1.165) is 13.0 Å². The topological polar surface area (TPSA) is 24.4 Å². The first kappa shape index (κ1) is 12.6. The van der Waals surface area contributed by atoms with Crippen LogP contribution in [0.4, 0.5) is 0 Å². The lowest BCUT2D eigenvalue weighted by atomic mass is 10.1. The Balaban J connectivity index is 4.41. The van der Waals surface area contributed by atoms with Crippen LogP contribution in [0.2, 0.25) is 0 Å². The van der Waals surface area contributed by atoms with Gasteiger partial charge in [-0.05, 0) is 27.2 Å². The summed E-state index contributed by atoms with van der Waals surface area (Å²) in [7, 11) is 3.96. The smallest absolute Gasteiger partial charge is 0.204 e. The first-order chi connectivity index (χ1) is 5.83. The number of hydrogen-bond acceptors (Lipinski definition) is 2. The molecule has 3 nitrogen and oxygen atoms in total. The summed E-state index contributed by atoms with van der Waals surface area (Å²) < 4.78 is 0.705. The van der Waals surface area contributed by atoms with E-state index in [1.54, 1.807) is 0 Å². The Bertz CT molecular complexity index is 169. The van der Waals surface area contributed by atoms with Crippen LogP contribution >= 0.6 is 0 Å². The molecule has 13 heavy (non-hydrogen) atoms. The van der Waals surface area contributed by atoms with Gasteiger partial charge in [-0.1, -0.05) is 6.92 Å². The first-order valence-corrected chi connectivity index (χ1v) is 4.91. The fraction of sp³-hybridized carbons (Fsp3) is 0.900. The SMILES string of the molecule is CCC[N+](C)(C=NC)NC(C)(C)C. The second kappa shape index (κ2) is 4.72. The van der Waals surface area contributed by atoms with Gasteiger partial charge in [0, 0.05) is 7.05 Å². The molecule has 0 aliphatic rings. The summed E-state index contributed by atoms with van der Waals surface area (Å²) in [5.74, 6) is 0. The number of nitrogens with one attached hydrogen (secondary N) is 1. The third-order valence-electron chi connectivity index (χ3n) is 1.65. The maximum atomic E-state index is 4.10. The van der Waals surface area contributed by atoms with Gasteiger partial charge in [-0.25, -0.2) is 9.58 Å². The van der Waals surface area contributed by atoms with E-state index in [1.165, 1.54) is 0 Å². The van der Waals surface area contributed by atoms with Gasteiger partial charge < -0.3 is 0 Å². The predicted molar refractivity (Wildman–Crippen MR) is 58.6 cm³/mol. The van der Waals surface area contributed by atoms with Crippen LogP contribution in [-0.2, 0) is 0 Å². The second-order valence-corrected chi connectivity index (χ2v) is 4.73. The molecule has 0 radical (unpaired) electrons. The van der Waals surface area contributed by atoms with Gasteiger partial charge in [0.15, 0.2) is 0 Å². The molecule has 0 fully saturated rings. The van der Waals surface area contributed by atoms with Gasteiger partial charge in [-0.3, -0.25) is 0 Å². The average molecular weight is 186 g/mol. The van der Waals surface area contributed by atoms with E-state index in [2.05, 4.69) is 45.2 Å². The number of quaternary nitrogens is 1. The van der Waals surface area contributed by atoms with Crippen molar-refractivity contribution in [3.8, 4) is 0 Å². The van der Waals surface area contributed by atoms with Gasteiger partial charge in [-0.2, -0.15) is 5.43 Å². The molecule has 1 atom stereocenters. The molecule has 0 aromatic rings. The quantitative estimate of drug-likeness (QED) is 0.308. The summed E-state index contributed by atoms with van der Waals surface area (Å²) in [6.45, 7) is 9.76. The van der Waals surface area contributed by atoms with Crippen molar-refractivity contribution in [2.45, 2.75) is 39.7 Å². The summed E-state index contributed by atoms with van der Waals surface area (Å²) >= 11 is 0. The van der Waals surface area contributed by atoms with Crippen molar-refractivity contribution < 1.29 is 4.59 Å². The van der Waals surface area contributed by atoms with Crippen molar-refractivity contribution in [2.24, 2.45) is 4.99 Å². The molecule has 0 aliphatic heterocycles. The van der Waals surface area contributed by atoms with Crippen LogP contribution in [-0.4, -0.2) is 37.1 Å². The maximum absolute atomic E-state index is 4.10. The van der Waals surface area contributed by atoms with Crippen LogP contribution in [0.5, 0.6) is 0 Å². The zero-order valence-electron chi connectivity index (χ0n) is 9.89. The summed E-state index contributed by atoms with van der Waals surface area (Å²) in [4.78, 5) is 4.10. The molecule has 3 heteroatoms. The number of nitrogens with zero attached hydrogens (tertiary/aromatic N) is 2. The summed E-state index contributed by atoms with van der Waals surface area (Å²) in [5, 5.41) is 0. The highest BCUT2D eigenvalue weighted by atomic mass is 15.7. The van der Waals surface area contributed by atoms with Crippen molar-refractivity contribution in [1.29, 1.82) is 0 Å². The van der Waals surface area contributed by atoms with Crippen LogP contribution in [0.3, 0.4) is 0 Å². The molecule has 1 N–H and O–H groups in total. The van der Waals surface area contributed by atoms with Gasteiger partial charge in [0.05, 0.1) is 12.6 Å². The fourth-order valence-corrected chi connectivity index (χ4v) is 1.63. The minimum atomic E-state index is 0.116. The van der Waals surface area contributed by atoms with Crippen LogP contribution in [0.15, 0.2) is 4.99 Å². The highest BCUT2D eigenvalue weighted by Crippen LogP contribution is 2.06. The lowest BCUT2D eigenvalue weighted by molar-refractivity contribution is -0.868. The summed E-state index contributed by atoms with van der Waals surface area (Å²) in [5.41, 5.74) is 3.64. The van der Waals surface area contributed by atoms with E-state index in [1.807, 2.05) is 13.4 Å². The molecule has 0 saturated heterocycles. The lowest BCUT2D eigenvalue weighted by Gasteiger charge is -2.35. The van der Waals surface area contributed by atoms with Crippen LogP contribution < -0.4 is 5.43 Å². The van der Waals surface area contributed by atoms with Gasteiger partial charge in [0.1, 0.15) is 6.54 Å². The Morgan fingerprint density at radius 2 is 1.92 bits per heavy atom. The third kappa shape index (κ3) is 5.77. The molecular weight excluding hydrogens is 162 g/mol. The van der Waals surface area contributed by atoms with E-state index in [0.29, 0.717) is 4.59 Å². The molecule has 0 amide bonds. The van der Waals surface area contributed by atoms with Crippen LogP contribution in [0, 0.1) is 0 Å². The van der Waals surface area contributed by atoms with Crippen molar-refractivity contribution in [2.75, 3.05) is 20.6 Å². The maximum Gasteiger partial charge on any atom is 0.204 e. The van der Waals surface area contributed by atoms with E-state index < -0.39 is 0 Å². The minimum Gasteiger partial charge on any atom is -0.243 e. The lowest BCUT2D eigenvalue weighted by Crippen LogP contribution is -2.61. The van der Waals surface area contributed by atoms with Gasteiger partial charge >= 0.3 is 0 Å². The van der Waals surface area contributed by atoms with Gasteiger partial charge in [-0.15, -0.1) is 0 Å². The highest BCUT2D eigenvalue weighted by Gasteiger charge is 2.25. The Kier molecular flexibility index (Phi) is 4.57. The Morgan fingerprint density at radius 3 is 2.23 bits per heavy atom. The minimum absolute atomic E-state index is 0.116. The molecule has 0 spiro atoms. The van der Waals surface area contributed by atoms with Crippen LogP contribution in [0.1, 0.15) is 34.1 Å². The second-order valence-electron chi connectivity index (χ2n) is 4.73. The van der Waals surface area contributed by atoms with E-state index in [-0.39, 0.29) is 5.54 Å². The molecule has 0 heterocycles. The Morgan fingerprint density at radius 1 is 1.38 bits per heavy atom. The average Bonchev–Trinajstić information content (AvgIpc) is 1.82. The van der Waals surface area contributed by atoms with Crippen molar-refractivity contribution >= 4 is 6.34 Å². The molecule has 0 rings (SSSR count). The number of aliphatic imine (C=N–C) groups is 1. The molecule has 0 saturated carbocycles. The Labute approximate surface area is 82.4 Å². The molecule has 0 aromatic heterocycles. The predicted octanol–water partition coefficient (Wildman–Crippen LogP) is 1.80. The molecule has 0 bridgehead atoms. The zero-order chi connectivity index (χ0) is 10.5. The van der Waals surface area contributed by atoms with Crippen molar-refractivity contribution in [1.82, 2.24) is 5.43 Å². The van der Waals surface area contributed by atoms with Crippen LogP contribution in [0.25, 0.3) is 0 Å². The summed E-state index contributed by atoms with van der Waals surface area (Å²) in [6.07, 6.45) is 3.10.